The Labute approximate surface area is 114 Å². The van der Waals surface area contributed by atoms with Gasteiger partial charge in [-0.2, -0.15) is 0 Å². The highest BCUT2D eigenvalue weighted by Crippen LogP contribution is 2.20. The average Bonchev–Trinajstić information content (AvgIpc) is 2.40. The number of hydrogen-bond donors (Lipinski definition) is 2. The molecule has 0 bridgehead atoms. The molecule has 0 spiro atoms. The Kier molecular flexibility index (Phi) is 4.56. The first-order chi connectivity index (χ1) is 9.09. The molecular formula is C15H22N2O2. The van der Waals surface area contributed by atoms with Crippen molar-refractivity contribution in [2.45, 2.75) is 32.3 Å². The van der Waals surface area contributed by atoms with Gasteiger partial charge >= 0.3 is 0 Å². The zero-order valence-electron chi connectivity index (χ0n) is 11.7. The van der Waals surface area contributed by atoms with Crippen molar-refractivity contribution >= 4 is 11.6 Å². The van der Waals surface area contributed by atoms with Gasteiger partial charge in [0.1, 0.15) is 6.61 Å². The molecule has 1 amide bonds. The molecule has 1 aromatic rings. The van der Waals surface area contributed by atoms with Crippen LogP contribution in [0, 0.1) is 6.92 Å². The van der Waals surface area contributed by atoms with E-state index in [0.29, 0.717) is 0 Å². The van der Waals surface area contributed by atoms with Crippen LogP contribution < -0.4 is 10.6 Å². The van der Waals surface area contributed by atoms with E-state index in [-0.39, 0.29) is 18.1 Å². The van der Waals surface area contributed by atoms with Crippen LogP contribution in [0.4, 0.5) is 5.69 Å². The van der Waals surface area contributed by atoms with Crippen LogP contribution in [0.3, 0.4) is 0 Å². The highest BCUT2D eigenvalue weighted by molar-refractivity contribution is 5.92. The molecule has 1 unspecified atom stereocenters. The van der Waals surface area contributed by atoms with Crippen molar-refractivity contribution in [1.29, 1.82) is 0 Å². The average molecular weight is 262 g/mol. The minimum absolute atomic E-state index is 0.0962. The Bertz CT molecular complexity index is 440. The maximum absolute atomic E-state index is 11.9. The lowest BCUT2D eigenvalue weighted by molar-refractivity contribution is -0.128. The van der Waals surface area contributed by atoms with Gasteiger partial charge in [-0.15, -0.1) is 0 Å². The van der Waals surface area contributed by atoms with Gasteiger partial charge in [0, 0.05) is 12.2 Å². The summed E-state index contributed by atoms with van der Waals surface area (Å²) in [5, 5.41) is 6.18. The van der Waals surface area contributed by atoms with Gasteiger partial charge < -0.3 is 15.4 Å². The lowest BCUT2D eigenvalue weighted by Gasteiger charge is -2.33. The molecule has 2 N–H and O–H groups in total. The van der Waals surface area contributed by atoms with Crippen molar-refractivity contribution in [1.82, 2.24) is 5.32 Å². The molecule has 4 heteroatoms. The topological polar surface area (TPSA) is 50.4 Å². The molecule has 0 radical (unpaired) electrons. The molecule has 2 rings (SSSR count). The van der Waals surface area contributed by atoms with E-state index >= 15 is 0 Å². The Morgan fingerprint density at radius 2 is 2.26 bits per heavy atom. The Morgan fingerprint density at radius 3 is 2.95 bits per heavy atom. The van der Waals surface area contributed by atoms with Crippen LogP contribution in [-0.2, 0) is 9.53 Å². The number of piperidine rings is 1. The number of anilines is 1. The molecule has 0 aliphatic carbocycles. The second-order valence-electron chi connectivity index (χ2n) is 5.38. The molecule has 1 atom stereocenters. The number of nitrogens with one attached hydrogen (secondary N) is 2. The summed E-state index contributed by atoms with van der Waals surface area (Å²) in [4.78, 5) is 11.9. The standard InChI is InChI=1S/C15H22N2O2/c1-12-6-3-4-7-13(12)17-14(18)10-19-15(2)8-5-9-16-11-15/h3-4,6-7,16H,5,8-11H2,1-2H3,(H,17,18). The number of benzene rings is 1. The van der Waals surface area contributed by atoms with Crippen LogP contribution in [0.2, 0.25) is 0 Å². The van der Waals surface area contributed by atoms with Gasteiger partial charge in [0.15, 0.2) is 0 Å². The molecule has 4 nitrogen and oxygen atoms in total. The van der Waals surface area contributed by atoms with E-state index < -0.39 is 0 Å². The van der Waals surface area contributed by atoms with Gasteiger partial charge in [-0.05, 0) is 44.9 Å². The number of carbonyl (C=O) groups excluding carboxylic acids is 1. The lowest BCUT2D eigenvalue weighted by atomic mass is 9.96. The smallest absolute Gasteiger partial charge is 0.250 e. The summed E-state index contributed by atoms with van der Waals surface area (Å²) in [7, 11) is 0. The van der Waals surface area contributed by atoms with Gasteiger partial charge in [-0.3, -0.25) is 4.79 Å². The molecule has 1 fully saturated rings. The molecule has 104 valence electrons. The summed E-state index contributed by atoms with van der Waals surface area (Å²) >= 11 is 0. The van der Waals surface area contributed by atoms with Gasteiger partial charge in [0.2, 0.25) is 5.91 Å². The molecule has 0 saturated carbocycles. The lowest BCUT2D eigenvalue weighted by Crippen LogP contribution is -2.46. The minimum Gasteiger partial charge on any atom is -0.364 e. The fraction of sp³-hybridized carbons (Fsp3) is 0.533. The number of rotatable bonds is 4. The summed E-state index contributed by atoms with van der Waals surface area (Å²) in [5.74, 6) is -0.0962. The maximum Gasteiger partial charge on any atom is 0.250 e. The van der Waals surface area contributed by atoms with Crippen molar-refractivity contribution in [3.8, 4) is 0 Å². The summed E-state index contributed by atoms with van der Waals surface area (Å²) in [6, 6.07) is 7.74. The van der Waals surface area contributed by atoms with E-state index in [1.54, 1.807) is 0 Å². The Hall–Kier alpha value is -1.39. The van der Waals surface area contributed by atoms with Gasteiger partial charge in [0.05, 0.1) is 5.60 Å². The number of aryl methyl sites for hydroxylation is 1. The number of amides is 1. The third-order valence-corrected chi connectivity index (χ3v) is 3.53. The predicted molar refractivity (Wildman–Crippen MR) is 76.3 cm³/mol. The molecule has 1 aliphatic heterocycles. The van der Waals surface area contributed by atoms with Crippen molar-refractivity contribution in [2.24, 2.45) is 0 Å². The third-order valence-electron chi connectivity index (χ3n) is 3.53. The molecule has 1 heterocycles. The number of hydrogen-bond acceptors (Lipinski definition) is 3. The van der Waals surface area contributed by atoms with Crippen LogP contribution in [0.1, 0.15) is 25.3 Å². The van der Waals surface area contributed by atoms with Gasteiger partial charge in [0.25, 0.3) is 0 Å². The van der Waals surface area contributed by atoms with E-state index in [4.69, 9.17) is 4.74 Å². The minimum atomic E-state index is -0.221. The van der Waals surface area contributed by atoms with Crippen molar-refractivity contribution in [2.75, 3.05) is 25.0 Å². The van der Waals surface area contributed by atoms with E-state index in [0.717, 1.165) is 37.2 Å². The first-order valence-electron chi connectivity index (χ1n) is 6.79. The summed E-state index contributed by atoms with van der Waals surface area (Å²) in [6.07, 6.45) is 2.09. The van der Waals surface area contributed by atoms with Crippen LogP contribution in [0.5, 0.6) is 0 Å². The Balaban J connectivity index is 1.83. The molecule has 0 aromatic heterocycles. The molecular weight excluding hydrogens is 240 g/mol. The van der Waals surface area contributed by atoms with Crippen molar-refractivity contribution in [3.05, 3.63) is 29.8 Å². The zero-order valence-corrected chi connectivity index (χ0v) is 11.7. The first-order valence-corrected chi connectivity index (χ1v) is 6.79. The molecule has 1 aromatic carbocycles. The summed E-state index contributed by atoms with van der Waals surface area (Å²) in [5.41, 5.74) is 1.69. The molecule has 1 aliphatic rings. The second-order valence-corrected chi connectivity index (χ2v) is 5.38. The maximum atomic E-state index is 11.9. The normalized spacial score (nSPS) is 23.1. The van der Waals surface area contributed by atoms with Crippen LogP contribution in [0.25, 0.3) is 0 Å². The first kappa shape index (κ1) is 14.0. The third kappa shape index (κ3) is 4.04. The van der Waals surface area contributed by atoms with Gasteiger partial charge in [-0.1, -0.05) is 18.2 Å². The highest BCUT2D eigenvalue weighted by Gasteiger charge is 2.28. The fourth-order valence-corrected chi connectivity index (χ4v) is 2.29. The second kappa shape index (κ2) is 6.17. The zero-order chi connectivity index (χ0) is 13.7. The quantitative estimate of drug-likeness (QED) is 0.873. The van der Waals surface area contributed by atoms with Crippen LogP contribution in [-0.4, -0.2) is 31.2 Å². The monoisotopic (exact) mass is 262 g/mol. The van der Waals surface area contributed by atoms with Gasteiger partial charge in [-0.25, -0.2) is 0 Å². The van der Waals surface area contributed by atoms with E-state index in [1.807, 2.05) is 31.2 Å². The van der Waals surface area contributed by atoms with E-state index in [9.17, 15) is 4.79 Å². The highest BCUT2D eigenvalue weighted by atomic mass is 16.5. The number of ether oxygens (including phenoxy) is 1. The van der Waals surface area contributed by atoms with Crippen LogP contribution in [0.15, 0.2) is 24.3 Å². The molecule has 19 heavy (non-hydrogen) atoms. The van der Waals surface area contributed by atoms with Crippen LogP contribution >= 0.6 is 0 Å². The van der Waals surface area contributed by atoms with Crippen molar-refractivity contribution in [3.63, 3.8) is 0 Å². The fourth-order valence-electron chi connectivity index (χ4n) is 2.29. The van der Waals surface area contributed by atoms with Crippen molar-refractivity contribution < 1.29 is 9.53 Å². The molecule has 1 saturated heterocycles. The van der Waals surface area contributed by atoms with E-state index in [1.165, 1.54) is 0 Å². The number of para-hydroxylation sites is 1. The summed E-state index contributed by atoms with van der Waals surface area (Å²) in [6.45, 7) is 5.98. The predicted octanol–water partition coefficient (Wildman–Crippen LogP) is 2.09. The number of carbonyl (C=O) groups is 1. The summed E-state index contributed by atoms with van der Waals surface area (Å²) < 4.78 is 5.77. The Morgan fingerprint density at radius 1 is 1.47 bits per heavy atom. The van der Waals surface area contributed by atoms with E-state index in [2.05, 4.69) is 17.6 Å². The largest absolute Gasteiger partial charge is 0.364 e. The SMILES string of the molecule is Cc1ccccc1NC(=O)COC1(C)CCCNC1.